The molecule has 0 aliphatic heterocycles. The number of halogens is 3. The molecule has 0 spiro atoms. The largest absolute Gasteiger partial charge is 0.449 e. The van der Waals surface area contributed by atoms with Crippen LogP contribution in [0.3, 0.4) is 0 Å². The summed E-state index contributed by atoms with van der Waals surface area (Å²) >= 11 is 0. The van der Waals surface area contributed by atoms with Crippen molar-refractivity contribution in [3.05, 3.63) is 17.2 Å². The fraction of sp³-hybridized carbons (Fsp3) is 0.125. The van der Waals surface area contributed by atoms with Crippen molar-refractivity contribution < 1.29 is 13.2 Å². The molecular formula is C8HF3N6. The second kappa shape index (κ2) is 3.42. The number of aromatic amines is 1. The number of nitriles is 2. The summed E-state index contributed by atoms with van der Waals surface area (Å²) in [7, 11) is 0. The van der Waals surface area contributed by atoms with Gasteiger partial charge in [0.25, 0.3) is 0 Å². The summed E-state index contributed by atoms with van der Waals surface area (Å²) in [5.41, 5.74) is -1.35. The van der Waals surface area contributed by atoms with Crippen molar-refractivity contribution in [1.29, 1.82) is 10.5 Å². The molecule has 9 heteroatoms. The van der Waals surface area contributed by atoms with E-state index in [1.165, 1.54) is 0 Å². The number of imidazole rings is 1. The van der Waals surface area contributed by atoms with Crippen molar-refractivity contribution in [3.8, 4) is 12.1 Å². The Morgan fingerprint density at radius 2 is 1.59 bits per heavy atom. The van der Waals surface area contributed by atoms with Crippen LogP contribution in [-0.4, -0.2) is 19.9 Å². The van der Waals surface area contributed by atoms with Gasteiger partial charge in [-0.2, -0.15) is 23.7 Å². The molecule has 0 saturated carbocycles. The predicted molar refractivity (Wildman–Crippen MR) is 46.1 cm³/mol. The summed E-state index contributed by atoms with van der Waals surface area (Å²) < 4.78 is 36.9. The first kappa shape index (κ1) is 10.8. The van der Waals surface area contributed by atoms with Gasteiger partial charge in [-0.25, -0.2) is 15.0 Å². The smallest absolute Gasteiger partial charge is 0.318 e. The molecule has 2 aromatic heterocycles. The monoisotopic (exact) mass is 238 g/mol. The lowest BCUT2D eigenvalue weighted by Gasteiger charge is -1.98. The third-order valence-electron chi connectivity index (χ3n) is 1.81. The predicted octanol–water partition coefficient (Wildman–Crippen LogP) is 1.12. The number of alkyl halides is 3. The fourth-order valence-corrected chi connectivity index (χ4v) is 1.12. The molecular weight excluding hydrogens is 237 g/mol. The minimum absolute atomic E-state index is 0.284. The van der Waals surface area contributed by atoms with Gasteiger partial charge < -0.3 is 4.98 Å². The zero-order chi connectivity index (χ0) is 12.6. The van der Waals surface area contributed by atoms with Gasteiger partial charge in [0, 0.05) is 0 Å². The Morgan fingerprint density at radius 3 is 2.12 bits per heavy atom. The van der Waals surface area contributed by atoms with E-state index in [0.717, 1.165) is 0 Å². The van der Waals surface area contributed by atoms with Crippen molar-refractivity contribution in [3.63, 3.8) is 0 Å². The Kier molecular flexibility index (Phi) is 2.18. The molecule has 0 atom stereocenters. The number of rotatable bonds is 0. The van der Waals surface area contributed by atoms with E-state index < -0.39 is 12.0 Å². The third kappa shape index (κ3) is 1.74. The number of hydrogen-bond donors (Lipinski definition) is 1. The van der Waals surface area contributed by atoms with E-state index in [1.54, 1.807) is 12.1 Å². The number of fused-ring (bicyclic) bond motifs is 1. The molecule has 1 N–H and O–H groups in total. The molecule has 0 amide bonds. The van der Waals surface area contributed by atoms with Crippen LogP contribution in [0, 0.1) is 22.7 Å². The van der Waals surface area contributed by atoms with E-state index in [-0.39, 0.29) is 22.7 Å². The van der Waals surface area contributed by atoms with E-state index in [0.29, 0.717) is 0 Å². The topological polar surface area (TPSA) is 102 Å². The van der Waals surface area contributed by atoms with Crippen molar-refractivity contribution in [2.24, 2.45) is 0 Å². The molecule has 2 rings (SSSR count). The van der Waals surface area contributed by atoms with Gasteiger partial charge in [-0.05, 0) is 0 Å². The lowest BCUT2D eigenvalue weighted by atomic mass is 10.3. The molecule has 0 unspecified atom stereocenters. The Labute approximate surface area is 91.4 Å². The van der Waals surface area contributed by atoms with Crippen LogP contribution in [0.5, 0.6) is 0 Å². The highest BCUT2D eigenvalue weighted by Crippen LogP contribution is 2.27. The van der Waals surface area contributed by atoms with E-state index in [4.69, 9.17) is 10.5 Å². The van der Waals surface area contributed by atoms with Crippen LogP contribution >= 0.6 is 0 Å². The normalized spacial score (nSPS) is 11.1. The summed E-state index contributed by atoms with van der Waals surface area (Å²) in [6.45, 7) is 0. The Morgan fingerprint density at radius 1 is 1.00 bits per heavy atom. The highest BCUT2D eigenvalue weighted by Gasteiger charge is 2.35. The van der Waals surface area contributed by atoms with Crippen LogP contribution in [0.25, 0.3) is 11.3 Å². The molecule has 0 bridgehead atoms. The Bertz CT molecular complexity index is 620. The Hall–Kier alpha value is -2.68. The lowest BCUT2D eigenvalue weighted by molar-refractivity contribution is -0.144. The summed E-state index contributed by atoms with van der Waals surface area (Å²) in [6.07, 6.45) is -4.66. The second-order valence-corrected chi connectivity index (χ2v) is 2.90. The molecule has 0 aliphatic rings. The van der Waals surface area contributed by atoms with Gasteiger partial charge in [0.2, 0.25) is 5.82 Å². The summed E-state index contributed by atoms with van der Waals surface area (Å²) in [6, 6.07) is 3.12. The van der Waals surface area contributed by atoms with Gasteiger partial charge >= 0.3 is 6.18 Å². The maximum atomic E-state index is 12.3. The molecule has 6 nitrogen and oxygen atoms in total. The summed E-state index contributed by atoms with van der Waals surface area (Å²) in [5, 5.41) is 17.2. The van der Waals surface area contributed by atoms with Crippen LogP contribution < -0.4 is 0 Å². The number of nitrogens with zero attached hydrogens (tertiary/aromatic N) is 5. The SMILES string of the molecule is N#Cc1nc2nc(C(F)(F)F)[nH]c2nc1C#N. The van der Waals surface area contributed by atoms with E-state index in [1.807, 2.05) is 4.98 Å². The highest BCUT2D eigenvalue weighted by molar-refractivity contribution is 5.67. The van der Waals surface area contributed by atoms with Gasteiger partial charge in [0.15, 0.2) is 22.7 Å². The first-order chi connectivity index (χ1) is 7.95. The molecule has 0 radical (unpaired) electrons. The van der Waals surface area contributed by atoms with Crippen LogP contribution in [0.1, 0.15) is 17.2 Å². The first-order valence-electron chi connectivity index (χ1n) is 4.11. The van der Waals surface area contributed by atoms with Gasteiger partial charge in [-0.3, -0.25) is 0 Å². The number of aromatic nitrogens is 4. The quantitative estimate of drug-likeness (QED) is 0.740. The zero-order valence-electron chi connectivity index (χ0n) is 7.87. The number of H-pyrrole nitrogens is 1. The molecule has 2 aromatic rings. The van der Waals surface area contributed by atoms with Crippen LogP contribution in [-0.2, 0) is 6.18 Å². The highest BCUT2D eigenvalue weighted by atomic mass is 19.4. The van der Waals surface area contributed by atoms with Crippen molar-refractivity contribution in [2.45, 2.75) is 6.18 Å². The van der Waals surface area contributed by atoms with Crippen molar-refractivity contribution in [1.82, 2.24) is 19.9 Å². The van der Waals surface area contributed by atoms with Crippen LogP contribution in [0.4, 0.5) is 13.2 Å². The minimum Gasteiger partial charge on any atom is -0.318 e. The summed E-state index contributed by atoms with van der Waals surface area (Å²) in [5.74, 6) is -1.27. The van der Waals surface area contributed by atoms with Crippen LogP contribution in [0.15, 0.2) is 0 Å². The maximum Gasteiger partial charge on any atom is 0.449 e. The average molecular weight is 238 g/mol. The molecule has 0 aliphatic carbocycles. The molecule has 0 aromatic carbocycles. The minimum atomic E-state index is -4.66. The van der Waals surface area contributed by atoms with Gasteiger partial charge in [-0.1, -0.05) is 0 Å². The Balaban J connectivity index is 2.72. The maximum absolute atomic E-state index is 12.3. The number of hydrogen-bond acceptors (Lipinski definition) is 5. The molecule has 17 heavy (non-hydrogen) atoms. The third-order valence-corrected chi connectivity index (χ3v) is 1.81. The van der Waals surface area contributed by atoms with Gasteiger partial charge in [0.05, 0.1) is 0 Å². The molecule has 84 valence electrons. The fourth-order valence-electron chi connectivity index (χ4n) is 1.12. The molecule has 0 saturated heterocycles. The van der Waals surface area contributed by atoms with E-state index in [9.17, 15) is 13.2 Å². The standard InChI is InChI=1S/C8HF3N6/c9-8(10,11)7-16-5-6(17-7)15-4(2-13)3(1-12)14-5/h(H,14,15,16,17). The zero-order valence-corrected chi connectivity index (χ0v) is 7.87. The van der Waals surface area contributed by atoms with E-state index >= 15 is 0 Å². The van der Waals surface area contributed by atoms with Crippen LogP contribution in [0.2, 0.25) is 0 Å². The molecule has 0 fully saturated rings. The van der Waals surface area contributed by atoms with Gasteiger partial charge in [0.1, 0.15) is 12.1 Å². The van der Waals surface area contributed by atoms with Gasteiger partial charge in [-0.15, -0.1) is 0 Å². The number of nitrogens with one attached hydrogen (secondary N) is 1. The van der Waals surface area contributed by atoms with E-state index in [2.05, 4.69) is 15.0 Å². The average Bonchev–Trinajstić information content (AvgIpc) is 2.69. The lowest BCUT2D eigenvalue weighted by Crippen LogP contribution is -2.06. The first-order valence-corrected chi connectivity index (χ1v) is 4.11. The van der Waals surface area contributed by atoms with Crippen molar-refractivity contribution >= 4 is 11.3 Å². The van der Waals surface area contributed by atoms with Crippen molar-refractivity contribution in [2.75, 3.05) is 0 Å². The molecule has 2 heterocycles. The summed E-state index contributed by atoms with van der Waals surface area (Å²) in [4.78, 5) is 12.1. The second-order valence-electron chi connectivity index (χ2n) is 2.90.